The maximum atomic E-state index is 12.3. The predicted octanol–water partition coefficient (Wildman–Crippen LogP) is 1.45. The molecule has 1 aliphatic carbocycles. The number of piperidine rings is 1. The molecule has 0 bridgehead atoms. The number of nitrogens with zero attached hydrogens (tertiary/aromatic N) is 1. The van der Waals surface area contributed by atoms with Gasteiger partial charge in [0.2, 0.25) is 11.8 Å². The van der Waals surface area contributed by atoms with E-state index in [-0.39, 0.29) is 17.7 Å². The highest BCUT2D eigenvalue weighted by atomic mass is 16.3. The van der Waals surface area contributed by atoms with Crippen LogP contribution < -0.4 is 5.32 Å². The van der Waals surface area contributed by atoms with Crippen molar-refractivity contribution < 1.29 is 14.7 Å². The normalized spacial score (nSPS) is 24.9. The maximum absolute atomic E-state index is 12.3. The van der Waals surface area contributed by atoms with E-state index in [9.17, 15) is 14.7 Å². The predicted molar refractivity (Wildman–Crippen MR) is 80.6 cm³/mol. The van der Waals surface area contributed by atoms with Crippen molar-refractivity contribution in [2.24, 2.45) is 5.92 Å². The molecule has 1 saturated carbocycles. The number of aliphatic hydroxyl groups is 1. The lowest BCUT2D eigenvalue weighted by atomic mass is 9.96. The van der Waals surface area contributed by atoms with E-state index in [0.717, 1.165) is 51.5 Å². The molecule has 5 nitrogen and oxygen atoms in total. The summed E-state index contributed by atoms with van der Waals surface area (Å²) in [5, 5.41) is 13.2. The molecule has 0 radical (unpaired) electrons. The van der Waals surface area contributed by atoms with Gasteiger partial charge in [-0.3, -0.25) is 9.59 Å². The third-order valence-electron chi connectivity index (χ3n) is 4.73. The van der Waals surface area contributed by atoms with Crippen molar-refractivity contribution in [2.45, 2.75) is 63.9 Å². The van der Waals surface area contributed by atoms with Crippen LogP contribution in [0.25, 0.3) is 0 Å². The monoisotopic (exact) mass is 296 g/mol. The number of hydrogen-bond donors (Lipinski definition) is 2. The summed E-state index contributed by atoms with van der Waals surface area (Å²) in [7, 11) is 0. The number of carbonyl (C=O) groups is 2. The van der Waals surface area contributed by atoms with Crippen LogP contribution in [0.15, 0.2) is 0 Å². The zero-order valence-electron chi connectivity index (χ0n) is 13.1. The summed E-state index contributed by atoms with van der Waals surface area (Å²) in [5.41, 5.74) is -0.706. The molecule has 0 aromatic heterocycles. The third-order valence-corrected chi connectivity index (χ3v) is 4.73. The van der Waals surface area contributed by atoms with Crippen LogP contribution in [0.1, 0.15) is 58.3 Å². The van der Waals surface area contributed by atoms with Crippen molar-refractivity contribution in [1.29, 1.82) is 0 Å². The third kappa shape index (κ3) is 4.43. The van der Waals surface area contributed by atoms with Crippen molar-refractivity contribution in [2.75, 3.05) is 19.6 Å². The molecule has 1 saturated heterocycles. The Labute approximate surface area is 127 Å². The Kier molecular flexibility index (Phi) is 5.62. The van der Waals surface area contributed by atoms with E-state index in [1.807, 2.05) is 11.8 Å². The van der Waals surface area contributed by atoms with Gasteiger partial charge in [-0.15, -0.1) is 0 Å². The number of carbonyl (C=O) groups excluding carboxylic acids is 2. The van der Waals surface area contributed by atoms with E-state index in [1.165, 1.54) is 0 Å². The van der Waals surface area contributed by atoms with Crippen LogP contribution in [0.4, 0.5) is 0 Å². The number of rotatable bonds is 5. The first-order valence-electron chi connectivity index (χ1n) is 8.32. The van der Waals surface area contributed by atoms with Crippen LogP contribution in [0.3, 0.4) is 0 Å². The SMILES string of the molecule is CCCC(=O)N1CCCC(C(=O)NCC2(O)CCCC2)C1. The molecule has 1 heterocycles. The summed E-state index contributed by atoms with van der Waals surface area (Å²) in [5.74, 6) is 0.0262. The van der Waals surface area contributed by atoms with Gasteiger partial charge in [-0.1, -0.05) is 19.8 Å². The van der Waals surface area contributed by atoms with Gasteiger partial charge < -0.3 is 15.3 Å². The van der Waals surface area contributed by atoms with E-state index < -0.39 is 5.60 Å². The lowest BCUT2D eigenvalue weighted by Gasteiger charge is -2.33. The summed E-state index contributed by atoms with van der Waals surface area (Å²) in [6.07, 6.45) is 6.76. The number of amides is 2. The zero-order valence-corrected chi connectivity index (χ0v) is 13.1. The lowest BCUT2D eigenvalue weighted by Crippen LogP contribution is -2.48. The Hall–Kier alpha value is -1.10. The van der Waals surface area contributed by atoms with Gasteiger partial charge in [0.1, 0.15) is 0 Å². The molecule has 5 heteroatoms. The van der Waals surface area contributed by atoms with Gasteiger partial charge in [-0.05, 0) is 32.1 Å². The maximum Gasteiger partial charge on any atom is 0.225 e. The van der Waals surface area contributed by atoms with Gasteiger partial charge >= 0.3 is 0 Å². The molecule has 2 amide bonds. The van der Waals surface area contributed by atoms with Gasteiger partial charge in [-0.2, -0.15) is 0 Å². The Morgan fingerprint density at radius 2 is 2.00 bits per heavy atom. The first-order chi connectivity index (χ1) is 10.0. The quantitative estimate of drug-likeness (QED) is 0.806. The fourth-order valence-corrected chi connectivity index (χ4v) is 3.40. The molecular weight excluding hydrogens is 268 g/mol. The van der Waals surface area contributed by atoms with Gasteiger partial charge in [-0.25, -0.2) is 0 Å². The number of likely N-dealkylation sites (tertiary alicyclic amines) is 1. The average Bonchev–Trinajstić information content (AvgIpc) is 2.92. The molecule has 2 N–H and O–H groups in total. The standard InChI is InChI=1S/C16H28N2O3/c1-2-6-14(19)18-10-5-7-13(11-18)15(20)17-12-16(21)8-3-4-9-16/h13,21H,2-12H2,1H3,(H,17,20). The Bertz CT molecular complexity index is 378. The van der Waals surface area contributed by atoms with E-state index in [2.05, 4.69) is 5.32 Å². The van der Waals surface area contributed by atoms with Crippen molar-refractivity contribution >= 4 is 11.8 Å². The number of nitrogens with one attached hydrogen (secondary N) is 1. The van der Waals surface area contributed by atoms with Gasteiger partial charge in [0.05, 0.1) is 11.5 Å². The summed E-state index contributed by atoms with van der Waals surface area (Å²) in [6.45, 7) is 3.65. The molecule has 2 aliphatic rings. The smallest absolute Gasteiger partial charge is 0.225 e. The molecule has 2 fully saturated rings. The molecule has 0 aromatic rings. The van der Waals surface area contributed by atoms with Crippen molar-refractivity contribution in [1.82, 2.24) is 10.2 Å². The minimum absolute atomic E-state index is 0.00989. The van der Waals surface area contributed by atoms with Crippen LogP contribution in [-0.2, 0) is 9.59 Å². The molecular formula is C16H28N2O3. The summed E-state index contributed by atoms with van der Waals surface area (Å²) < 4.78 is 0. The molecule has 0 spiro atoms. The second kappa shape index (κ2) is 7.25. The average molecular weight is 296 g/mol. The summed E-state index contributed by atoms with van der Waals surface area (Å²) >= 11 is 0. The van der Waals surface area contributed by atoms with Crippen molar-refractivity contribution in [3.05, 3.63) is 0 Å². The fraction of sp³-hybridized carbons (Fsp3) is 0.875. The lowest BCUT2D eigenvalue weighted by molar-refractivity contribution is -0.136. The van der Waals surface area contributed by atoms with Gasteiger partial charge in [0, 0.05) is 26.1 Å². The Morgan fingerprint density at radius 3 is 2.67 bits per heavy atom. The topological polar surface area (TPSA) is 69.6 Å². The van der Waals surface area contributed by atoms with E-state index in [1.54, 1.807) is 0 Å². The molecule has 1 aliphatic heterocycles. The van der Waals surface area contributed by atoms with E-state index >= 15 is 0 Å². The van der Waals surface area contributed by atoms with E-state index in [0.29, 0.717) is 19.5 Å². The highest BCUT2D eigenvalue weighted by Gasteiger charge is 2.33. The van der Waals surface area contributed by atoms with E-state index in [4.69, 9.17) is 0 Å². The molecule has 1 atom stereocenters. The summed E-state index contributed by atoms with van der Waals surface area (Å²) in [4.78, 5) is 26.0. The second-order valence-electron chi connectivity index (χ2n) is 6.58. The van der Waals surface area contributed by atoms with Gasteiger partial charge in [0.15, 0.2) is 0 Å². The minimum atomic E-state index is -0.706. The Morgan fingerprint density at radius 1 is 1.29 bits per heavy atom. The van der Waals surface area contributed by atoms with Crippen molar-refractivity contribution in [3.8, 4) is 0 Å². The fourth-order valence-electron chi connectivity index (χ4n) is 3.40. The highest BCUT2D eigenvalue weighted by molar-refractivity contribution is 5.81. The van der Waals surface area contributed by atoms with Crippen molar-refractivity contribution in [3.63, 3.8) is 0 Å². The largest absolute Gasteiger partial charge is 0.388 e. The highest BCUT2D eigenvalue weighted by Crippen LogP contribution is 2.28. The Balaban J connectivity index is 1.80. The molecule has 2 rings (SSSR count). The number of hydrogen-bond acceptors (Lipinski definition) is 3. The summed E-state index contributed by atoms with van der Waals surface area (Å²) in [6, 6.07) is 0. The van der Waals surface area contributed by atoms with Crippen LogP contribution in [0, 0.1) is 5.92 Å². The van der Waals surface area contributed by atoms with Gasteiger partial charge in [0.25, 0.3) is 0 Å². The van der Waals surface area contributed by atoms with Crippen LogP contribution in [0.5, 0.6) is 0 Å². The molecule has 120 valence electrons. The molecule has 1 unspecified atom stereocenters. The first kappa shape index (κ1) is 16.3. The van der Waals surface area contributed by atoms with Crippen LogP contribution in [-0.4, -0.2) is 47.1 Å². The first-order valence-corrected chi connectivity index (χ1v) is 8.32. The molecule has 0 aromatic carbocycles. The molecule has 21 heavy (non-hydrogen) atoms. The van der Waals surface area contributed by atoms with Crippen LogP contribution >= 0.6 is 0 Å². The zero-order chi connectivity index (χ0) is 15.3. The second-order valence-corrected chi connectivity index (χ2v) is 6.58. The minimum Gasteiger partial charge on any atom is -0.388 e. The van der Waals surface area contributed by atoms with Crippen LogP contribution in [0.2, 0.25) is 0 Å².